The summed E-state index contributed by atoms with van der Waals surface area (Å²) >= 11 is 5.79. The number of ether oxygens (including phenoxy) is 2. The SMILES string of the molecule is COc1ccc(C(OC)(C(=O)N(C)c2ccc(Cl)cc2)C(F)(F)F)cc1. The van der Waals surface area contributed by atoms with Gasteiger partial charge < -0.3 is 14.4 Å². The zero-order valence-electron chi connectivity index (χ0n) is 14.3. The standard InChI is InChI=1S/C18H17ClF3NO3/c1-23(14-8-6-13(19)7-9-14)16(24)17(26-3,18(20,21)22)12-4-10-15(25-2)11-5-12/h4-11H,1-3H3. The van der Waals surface area contributed by atoms with Crippen molar-refractivity contribution in [3.63, 3.8) is 0 Å². The number of hydrogen-bond donors (Lipinski definition) is 0. The van der Waals surface area contributed by atoms with Crippen molar-refractivity contribution >= 4 is 23.2 Å². The molecule has 0 heterocycles. The highest BCUT2D eigenvalue weighted by molar-refractivity contribution is 6.30. The van der Waals surface area contributed by atoms with Gasteiger partial charge in [0, 0.05) is 30.4 Å². The molecular weight excluding hydrogens is 371 g/mol. The maximum absolute atomic E-state index is 14.0. The first-order valence-electron chi connectivity index (χ1n) is 7.47. The molecule has 2 aromatic carbocycles. The number of halogens is 4. The van der Waals surface area contributed by atoms with Crippen LogP contribution in [0.1, 0.15) is 5.56 Å². The van der Waals surface area contributed by atoms with Crippen LogP contribution in [-0.4, -0.2) is 33.4 Å². The maximum Gasteiger partial charge on any atom is 0.430 e. The normalized spacial score (nSPS) is 13.8. The summed E-state index contributed by atoms with van der Waals surface area (Å²) in [6, 6.07) is 10.9. The molecule has 1 atom stereocenters. The molecule has 2 rings (SSSR count). The van der Waals surface area contributed by atoms with E-state index in [-0.39, 0.29) is 11.3 Å². The summed E-state index contributed by atoms with van der Waals surface area (Å²) in [7, 11) is 3.49. The first-order chi connectivity index (χ1) is 12.2. The number of likely N-dealkylation sites (N-methyl/N-ethyl adjacent to an activating group) is 1. The van der Waals surface area contributed by atoms with Gasteiger partial charge in [-0.1, -0.05) is 23.7 Å². The van der Waals surface area contributed by atoms with Gasteiger partial charge in [-0.05, 0) is 36.4 Å². The minimum absolute atomic E-state index is 0.249. The molecule has 0 aliphatic heterocycles. The average molecular weight is 388 g/mol. The maximum atomic E-state index is 14.0. The number of alkyl halides is 3. The van der Waals surface area contributed by atoms with E-state index in [1.165, 1.54) is 50.6 Å². The van der Waals surface area contributed by atoms with E-state index in [0.29, 0.717) is 10.8 Å². The third-order valence-electron chi connectivity index (χ3n) is 4.02. The number of anilines is 1. The fourth-order valence-corrected chi connectivity index (χ4v) is 2.70. The third kappa shape index (κ3) is 3.50. The van der Waals surface area contributed by atoms with E-state index in [4.69, 9.17) is 21.1 Å². The lowest BCUT2D eigenvalue weighted by atomic mass is 9.90. The van der Waals surface area contributed by atoms with Gasteiger partial charge >= 0.3 is 6.18 Å². The molecule has 26 heavy (non-hydrogen) atoms. The van der Waals surface area contributed by atoms with E-state index in [0.717, 1.165) is 24.1 Å². The van der Waals surface area contributed by atoms with Crippen molar-refractivity contribution in [2.75, 3.05) is 26.2 Å². The molecule has 0 bridgehead atoms. The van der Waals surface area contributed by atoms with Crippen LogP contribution in [0.25, 0.3) is 0 Å². The van der Waals surface area contributed by atoms with Crippen LogP contribution < -0.4 is 9.64 Å². The fraction of sp³-hybridized carbons (Fsp3) is 0.278. The molecule has 1 unspecified atom stereocenters. The van der Waals surface area contributed by atoms with E-state index >= 15 is 0 Å². The number of hydrogen-bond acceptors (Lipinski definition) is 3. The smallest absolute Gasteiger partial charge is 0.430 e. The summed E-state index contributed by atoms with van der Waals surface area (Å²) in [4.78, 5) is 13.8. The Hall–Kier alpha value is -2.25. The molecule has 0 aliphatic rings. The Morgan fingerprint density at radius 2 is 1.54 bits per heavy atom. The van der Waals surface area contributed by atoms with Crippen molar-refractivity contribution in [2.24, 2.45) is 0 Å². The Kier molecular flexibility index (Phi) is 5.83. The first kappa shape index (κ1) is 20.1. The molecule has 0 spiro atoms. The molecule has 0 radical (unpaired) electrons. The van der Waals surface area contributed by atoms with Gasteiger partial charge in [-0.15, -0.1) is 0 Å². The summed E-state index contributed by atoms with van der Waals surface area (Å²) in [5.41, 5.74) is -3.26. The highest BCUT2D eigenvalue weighted by Crippen LogP contribution is 2.44. The van der Waals surface area contributed by atoms with Gasteiger partial charge in [0.05, 0.1) is 7.11 Å². The van der Waals surface area contributed by atoms with Crippen molar-refractivity contribution in [2.45, 2.75) is 11.8 Å². The quantitative estimate of drug-likeness (QED) is 0.762. The van der Waals surface area contributed by atoms with Crippen LogP contribution >= 0.6 is 11.6 Å². The largest absolute Gasteiger partial charge is 0.497 e. The predicted octanol–water partition coefficient (Wildman–Crippen LogP) is 4.42. The monoisotopic (exact) mass is 387 g/mol. The van der Waals surface area contributed by atoms with Crippen LogP contribution in [0.5, 0.6) is 5.75 Å². The van der Waals surface area contributed by atoms with Crippen LogP contribution in [0.2, 0.25) is 5.02 Å². The van der Waals surface area contributed by atoms with E-state index in [9.17, 15) is 18.0 Å². The number of benzene rings is 2. The molecule has 0 saturated carbocycles. The van der Waals surface area contributed by atoms with E-state index in [1.807, 2.05) is 0 Å². The van der Waals surface area contributed by atoms with Crippen molar-refractivity contribution in [3.8, 4) is 5.75 Å². The number of carbonyl (C=O) groups is 1. The van der Waals surface area contributed by atoms with Gasteiger partial charge in [-0.25, -0.2) is 0 Å². The van der Waals surface area contributed by atoms with Gasteiger partial charge in [0.1, 0.15) is 5.75 Å². The molecule has 0 aliphatic carbocycles. The molecule has 0 fully saturated rings. The zero-order valence-corrected chi connectivity index (χ0v) is 15.1. The number of nitrogens with zero attached hydrogens (tertiary/aromatic N) is 1. The minimum Gasteiger partial charge on any atom is -0.497 e. The molecule has 140 valence electrons. The second-order valence-electron chi connectivity index (χ2n) is 5.45. The average Bonchev–Trinajstić information content (AvgIpc) is 2.62. The molecule has 8 heteroatoms. The van der Waals surface area contributed by atoms with Gasteiger partial charge in [0.25, 0.3) is 11.5 Å². The number of rotatable bonds is 5. The summed E-state index contributed by atoms with van der Waals surface area (Å²) in [5.74, 6) is -0.917. The summed E-state index contributed by atoms with van der Waals surface area (Å²) in [5, 5.41) is 0.401. The summed E-state index contributed by atoms with van der Waals surface area (Å²) < 4.78 is 51.8. The van der Waals surface area contributed by atoms with Crippen LogP contribution in [-0.2, 0) is 15.1 Å². The lowest BCUT2D eigenvalue weighted by molar-refractivity contribution is -0.264. The molecule has 0 N–H and O–H groups in total. The van der Waals surface area contributed by atoms with E-state index < -0.39 is 17.7 Å². The Labute approximate surface area is 154 Å². The molecule has 4 nitrogen and oxygen atoms in total. The van der Waals surface area contributed by atoms with Gasteiger partial charge in [-0.3, -0.25) is 4.79 Å². The topological polar surface area (TPSA) is 38.8 Å². The Balaban J connectivity index is 2.55. The van der Waals surface area contributed by atoms with Crippen molar-refractivity contribution in [1.29, 1.82) is 0 Å². The Morgan fingerprint density at radius 1 is 1.00 bits per heavy atom. The molecule has 2 aromatic rings. The second kappa shape index (κ2) is 7.55. The van der Waals surface area contributed by atoms with Crippen LogP contribution in [0.4, 0.5) is 18.9 Å². The third-order valence-corrected chi connectivity index (χ3v) is 4.27. The lowest BCUT2D eigenvalue weighted by Crippen LogP contribution is -2.56. The second-order valence-corrected chi connectivity index (χ2v) is 5.89. The number of methoxy groups -OCH3 is 2. The number of amides is 1. The predicted molar refractivity (Wildman–Crippen MR) is 92.6 cm³/mol. The lowest BCUT2D eigenvalue weighted by Gasteiger charge is -2.36. The van der Waals surface area contributed by atoms with Crippen LogP contribution in [0, 0.1) is 0 Å². The van der Waals surface area contributed by atoms with Crippen molar-refractivity contribution in [1.82, 2.24) is 0 Å². The summed E-state index contributed by atoms with van der Waals surface area (Å²) in [6.45, 7) is 0. The molecular formula is C18H17ClF3NO3. The first-order valence-corrected chi connectivity index (χ1v) is 7.85. The van der Waals surface area contributed by atoms with Gasteiger partial charge in [0.2, 0.25) is 0 Å². The van der Waals surface area contributed by atoms with Crippen LogP contribution in [0.15, 0.2) is 48.5 Å². The highest BCUT2D eigenvalue weighted by Gasteiger charge is 2.63. The van der Waals surface area contributed by atoms with Crippen molar-refractivity contribution < 1.29 is 27.4 Å². The Bertz CT molecular complexity index is 763. The fourth-order valence-electron chi connectivity index (χ4n) is 2.57. The molecule has 1 amide bonds. The zero-order chi connectivity index (χ0) is 19.5. The highest BCUT2D eigenvalue weighted by atomic mass is 35.5. The molecule has 0 aromatic heterocycles. The van der Waals surface area contributed by atoms with E-state index in [1.54, 1.807) is 0 Å². The minimum atomic E-state index is -4.99. The summed E-state index contributed by atoms with van der Waals surface area (Å²) in [6.07, 6.45) is -4.99. The van der Waals surface area contributed by atoms with Gasteiger partial charge in [-0.2, -0.15) is 13.2 Å². The number of carbonyl (C=O) groups excluding carboxylic acids is 1. The Morgan fingerprint density at radius 3 is 1.96 bits per heavy atom. The molecule has 0 saturated heterocycles. The van der Waals surface area contributed by atoms with E-state index in [2.05, 4.69) is 0 Å². The van der Waals surface area contributed by atoms with Crippen LogP contribution in [0.3, 0.4) is 0 Å². The van der Waals surface area contributed by atoms with Crippen molar-refractivity contribution in [3.05, 3.63) is 59.1 Å². The van der Waals surface area contributed by atoms with Gasteiger partial charge in [0.15, 0.2) is 0 Å².